The van der Waals surface area contributed by atoms with Gasteiger partial charge in [-0.05, 0) is 39.0 Å². The second-order valence-corrected chi connectivity index (χ2v) is 6.62. The van der Waals surface area contributed by atoms with Crippen LogP contribution in [-0.2, 0) is 6.54 Å². The second kappa shape index (κ2) is 4.88. The Bertz CT molecular complexity index is 390. The van der Waals surface area contributed by atoms with Crippen molar-refractivity contribution in [1.29, 1.82) is 0 Å². The minimum absolute atomic E-state index is 0.0570. The number of hydrogen-bond donors (Lipinski definition) is 2. The molecule has 1 heterocycles. The first-order valence-corrected chi connectivity index (χ1v) is 6.68. The molecule has 1 aliphatic carbocycles. The van der Waals surface area contributed by atoms with Crippen molar-refractivity contribution >= 4 is 6.01 Å². The molecule has 5 nitrogen and oxygen atoms in total. The van der Waals surface area contributed by atoms with Gasteiger partial charge in [-0.15, -0.1) is 5.10 Å². The maximum absolute atomic E-state index is 5.55. The molecule has 18 heavy (non-hydrogen) atoms. The van der Waals surface area contributed by atoms with Crippen LogP contribution in [0.2, 0.25) is 0 Å². The van der Waals surface area contributed by atoms with Gasteiger partial charge in [-0.25, -0.2) is 0 Å². The van der Waals surface area contributed by atoms with Crippen LogP contribution in [0.1, 0.15) is 52.8 Å². The fourth-order valence-corrected chi connectivity index (χ4v) is 1.98. The van der Waals surface area contributed by atoms with Crippen LogP contribution in [0.4, 0.5) is 6.01 Å². The lowest BCUT2D eigenvalue weighted by Crippen LogP contribution is -2.35. The van der Waals surface area contributed by atoms with Crippen molar-refractivity contribution in [2.24, 2.45) is 5.41 Å². The smallest absolute Gasteiger partial charge is 0.315 e. The van der Waals surface area contributed by atoms with Crippen molar-refractivity contribution in [3.63, 3.8) is 0 Å². The van der Waals surface area contributed by atoms with Gasteiger partial charge in [-0.2, -0.15) is 0 Å². The normalized spacial score (nSPS) is 18.4. The molecule has 5 heteroatoms. The van der Waals surface area contributed by atoms with Crippen LogP contribution in [0.5, 0.6) is 0 Å². The zero-order chi connectivity index (χ0) is 13.2. The molecule has 2 rings (SSSR count). The summed E-state index contributed by atoms with van der Waals surface area (Å²) in [6.45, 7) is 10.2. The molecular formula is C13H24N4O. The van der Waals surface area contributed by atoms with Crippen LogP contribution in [-0.4, -0.2) is 22.3 Å². The van der Waals surface area contributed by atoms with Crippen molar-refractivity contribution < 1.29 is 4.42 Å². The van der Waals surface area contributed by atoms with Gasteiger partial charge in [0.25, 0.3) is 0 Å². The van der Waals surface area contributed by atoms with Gasteiger partial charge in [-0.3, -0.25) is 0 Å². The van der Waals surface area contributed by atoms with Crippen LogP contribution in [0.3, 0.4) is 0 Å². The molecule has 0 aliphatic heterocycles. The number of nitrogens with one attached hydrogen (secondary N) is 2. The van der Waals surface area contributed by atoms with E-state index in [2.05, 4.69) is 48.5 Å². The molecule has 1 saturated carbocycles. The van der Waals surface area contributed by atoms with Crippen LogP contribution in [0, 0.1) is 5.41 Å². The molecule has 0 bridgehead atoms. The molecule has 0 radical (unpaired) electrons. The molecule has 1 aliphatic rings. The highest BCUT2D eigenvalue weighted by Crippen LogP contribution is 2.40. The Hall–Kier alpha value is -1.10. The Kier molecular flexibility index (Phi) is 3.61. The first-order valence-electron chi connectivity index (χ1n) is 6.68. The van der Waals surface area contributed by atoms with E-state index in [4.69, 9.17) is 4.42 Å². The number of anilines is 1. The first kappa shape index (κ1) is 13.3. The lowest BCUT2D eigenvalue weighted by atomic mass is 9.70. The van der Waals surface area contributed by atoms with Crippen molar-refractivity contribution in [1.82, 2.24) is 15.5 Å². The molecule has 0 unspecified atom stereocenters. The van der Waals surface area contributed by atoms with Gasteiger partial charge in [0.15, 0.2) is 0 Å². The average Bonchev–Trinajstić information content (AvgIpc) is 2.68. The highest BCUT2D eigenvalue weighted by atomic mass is 16.4. The Balaban J connectivity index is 1.79. The van der Waals surface area contributed by atoms with E-state index in [0.717, 1.165) is 6.54 Å². The van der Waals surface area contributed by atoms with Crippen LogP contribution in [0.15, 0.2) is 4.42 Å². The summed E-state index contributed by atoms with van der Waals surface area (Å²) in [4.78, 5) is 0. The largest absolute Gasteiger partial charge is 0.407 e. The summed E-state index contributed by atoms with van der Waals surface area (Å²) in [5, 5.41) is 14.6. The van der Waals surface area contributed by atoms with E-state index in [1.165, 1.54) is 19.3 Å². The van der Waals surface area contributed by atoms with Gasteiger partial charge < -0.3 is 15.1 Å². The van der Waals surface area contributed by atoms with E-state index >= 15 is 0 Å². The molecule has 1 fully saturated rings. The lowest BCUT2D eigenvalue weighted by Gasteiger charge is -2.38. The molecule has 0 amide bonds. The van der Waals surface area contributed by atoms with Crippen molar-refractivity contribution in [3.8, 4) is 0 Å². The zero-order valence-corrected chi connectivity index (χ0v) is 11.8. The topological polar surface area (TPSA) is 63.0 Å². The maximum atomic E-state index is 5.55. The summed E-state index contributed by atoms with van der Waals surface area (Å²) in [6.07, 6.45) is 3.90. The van der Waals surface area contributed by atoms with E-state index in [1.54, 1.807) is 0 Å². The molecule has 102 valence electrons. The van der Waals surface area contributed by atoms with Gasteiger partial charge in [0.1, 0.15) is 0 Å². The molecule has 1 aromatic heterocycles. The summed E-state index contributed by atoms with van der Waals surface area (Å²) in [5.74, 6) is 0.631. The first-order chi connectivity index (χ1) is 8.36. The molecule has 0 aromatic carbocycles. The van der Waals surface area contributed by atoms with Crippen LogP contribution >= 0.6 is 0 Å². The van der Waals surface area contributed by atoms with Crippen LogP contribution in [0.25, 0.3) is 0 Å². The third kappa shape index (κ3) is 3.70. The molecule has 2 N–H and O–H groups in total. The number of rotatable bonds is 5. The third-order valence-corrected chi connectivity index (χ3v) is 3.46. The summed E-state index contributed by atoms with van der Waals surface area (Å²) in [6, 6.07) is 0.536. The SMILES string of the molecule is CC1(CNc2nnc(CNC(C)(C)C)o2)CCC1. The highest BCUT2D eigenvalue weighted by Gasteiger charge is 2.31. The molecule has 0 saturated heterocycles. The minimum atomic E-state index is 0.0570. The van der Waals surface area contributed by atoms with E-state index in [1.807, 2.05) is 0 Å². The summed E-state index contributed by atoms with van der Waals surface area (Å²) in [7, 11) is 0. The van der Waals surface area contributed by atoms with Gasteiger partial charge in [0.05, 0.1) is 6.54 Å². The van der Waals surface area contributed by atoms with Crippen molar-refractivity contribution in [2.75, 3.05) is 11.9 Å². The quantitative estimate of drug-likeness (QED) is 0.843. The fourth-order valence-electron chi connectivity index (χ4n) is 1.98. The van der Waals surface area contributed by atoms with E-state index in [-0.39, 0.29) is 5.54 Å². The van der Waals surface area contributed by atoms with E-state index < -0.39 is 0 Å². The van der Waals surface area contributed by atoms with Crippen molar-refractivity contribution in [3.05, 3.63) is 5.89 Å². The Morgan fingerprint density at radius 3 is 2.56 bits per heavy atom. The summed E-state index contributed by atoms with van der Waals surface area (Å²) >= 11 is 0. The fraction of sp³-hybridized carbons (Fsp3) is 0.846. The third-order valence-electron chi connectivity index (χ3n) is 3.46. The molecular weight excluding hydrogens is 228 g/mol. The van der Waals surface area contributed by atoms with Gasteiger partial charge in [0.2, 0.25) is 5.89 Å². The van der Waals surface area contributed by atoms with Gasteiger partial charge in [-0.1, -0.05) is 18.4 Å². The Morgan fingerprint density at radius 1 is 1.28 bits per heavy atom. The maximum Gasteiger partial charge on any atom is 0.315 e. The molecule has 1 aromatic rings. The number of aromatic nitrogens is 2. The predicted octanol–water partition coefficient (Wildman–Crippen LogP) is 2.56. The standard InChI is InChI=1S/C13H24N4O/c1-12(2,3)15-8-10-16-17-11(18-10)14-9-13(4)6-5-7-13/h15H,5-9H2,1-4H3,(H,14,17). The number of nitrogens with zero attached hydrogens (tertiary/aromatic N) is 2. The zero-order valence-electron chi connectivity index (χ0n) is 11.8. The van der Waals surface area contributed by atoms with Crippen LogP contribution < -0.4 is 10.6 Å². The monoisotopic (exact) mass is 252 g/mol. The van der Waals surface area contributed by atoms with Gasteiger partial charge >= 0.3 is 6.01 Å². The lowest BCUT2D eigenvalue weighted by molar-refractivity contribution is 0.178. The van der Waals surface area contributed by atoms with Gasteiger partial charge in [0, 0.05) is 12.1 Å². The molecule has 0 spiro atoms. The predicted molar refractivity (Wildman–Crippen MR) is 71.3 cm³/mol. The Labute approximate surface area is 109 Å². The minimum Gasteiger partial charge on any atom is -0.407 e. The average molecular weight is 252 g/mol. The summed E-state index contributed by atoms with van der Waals surface area (Å²) < 4.78 is 5.55. The van der Waals surface area contributed by atoms with Crippen molar-refractivity contribution in [2.45, 2.75) is 59.0 Å². The van der Waals surface area contributed by atoms with E-state index in [9.17, 15) is 0 Å². The summed E-state index contributed by atoms with van der Waals surface area (Å²) in [5.41, 5.74) is 0.472. The van der Waals surface area contributed by atoms with E-state index in [0.29, 0.717) is 23.9 Å². The second-order valence-electron chi connectivity index (χ2n) is 6.62. The Morgan fingerprint density at radius 2 is 2.00 bits per heavy atom. The number of hydrogen-bond acceptors (Lipinski definition) is 5. The highest BCUT2D eigenvalue weighted by molar-refractivity contribution is 5.18. The molecule has 0 atom stereocenters.